The van der Waals surface area contributed by atoms with Crippen LogP contribution in [-0.2, 0) is 4.79 Å². The Kier molecular flexibility index (Phi) is 6.09. The maximum absolute atomic E-state index is 11.9. The SMILES string of the molecule is CC/C(=N\NC(=O)CSc1nc(C)cc(C)n1)c1cccs1. The molecule has 0 saturated heterocycles. The molecule has 0 aromatic carbocycles. The zero-order valence-electron chi connectivity index (χ0n) is 12.8. The number of carbonyl (C=O) groups is 1. The topological polar surface area (TPSA) is 67.2 Å². The van der Waals surface area contributed by atoms with E-state index in [9.17, 15) is 4.79 Å². The van der Waals surface area contributed by atoms with E-state index in [4.69, 9.17) is 0 Å². The number of nitrogens with zero attached hydrogens (tertiary/aromatic N) is 3. The van der Waals surface area contributed by atoms with Crippen LogP contribution < -0.4 is 5.43 Å². The summed E-state index contributed by atoms with van der Waals surface area (Å²) in [5.74, 6) is 0.0867. The molecule has 0 spiro atoms. The zero-order chi connectivity index (χ0) is 15.9. The van der Waals surface area contributed by atoms with Crippen LogP contribution in [0, 0.1) is 13.8 Å². The molecule has 0 radical (unpaired) electrons. The number of thioether (sulfide) groups is 1. The predicted molar refractivity (Wildman–Crippen MR) is 91.5 cm³/mol. The van der Waals surface area contributed by atoms with Crippen LogP contribution in [0.5, 0.6) is 0 Å². The van der Waals surface area contributed by atoms with Crippen molar-refractivity contribution in [1.29, 1.82) is 0 Å². The standard InChI is InChI=1S/C15H18N4OS2/c1-4-12(13-6-5-7-21-13)18-19-14(20)9-22-15-16-10(2)8-11(3)17-15/h5-8H,4,9H2,1-3H3,(H,19,20)/b18-12+. The first-order valence-electron chi connectivity index (χ1n) is 6.93. The number of rotatable bonds is 6. The number of nitrogens with one attached hydrogen (secondary N) is 1. The molecule has 1 amide bonds. The molecule has 0 aliphatic carbocycles. The van der Waals surface area contributed by atoms with Gasteiger partial charge in [0.25, 0.3) is 5.91 Å². The lowest BCUT2D eigenvalue weighted by Gasteiger charge is -2.04. The van der Waals surface area contributed by atoms with Crippen LogP contribution in [0.25, 0.3) is 0 Å². The van der Waals surface area contributed by atoms with Crippen LogP contribution in [0.1, 0.15) is 29.6 Å². The van der Waals surface area contributed by atoms with Crippen molar-refractivity contribution >= 4 is 34.7 Å². The van der Waals surface area contributed by atoms with Gasteiger partial charge in [-0.25, -0.2) is 15.4 Å². The van der Waals surface area contributed by atoms with Crippen LogP contribution in [-0.4, -0.2) is 27.3 Å². The van der Waals surface area contributed by atoms with Crippen molar-refractivity contribution in [2.75, 3.05) is 5.75 Å². The van der Waals surface area contributed by atoms with Gasteiger partial charge in [-0.15, -0.1) is 11.3 Å². The van der Waals surface area contributed by atoms with E-state index >= 15 is 0 Å². The maximum atomic E-state index is 11.9. The number of aromatic nitrogens is 2. The molecule has 7 heteroatoms. The Morgan fingerprint density at radius 2 is 2.09 bits per heavy atom. The van der Waals surface area contributed by atoms with Crippen LogP contribution in [0.2, 0.25) is 0 Å². The highest BCUT2D eigenvalue weighted by molar-refractivity contribution is 7.99. The summed E-state index contributed by atoms with van der Waals surface area (Å²) < 4.78 is 0. The molecule has 0 unspecified atom stereocenters. The van der Waals surface area contributed by atoms with Crippen molar-refractivity contribution in [2.45, 2.75) is 32.3 Å². The lowest BCUT2D eigenvalue weighted by atomic mass is 10.2. The van der Waals surface area contributed by atoms with Gasteiger partial charge in [0.15, 0.2) is 5.16 Å². The summed E-state index contributed by atoms with van der Waals surface area (Å²) >= 11 is 2.93. The molecule has 0 aliphatic rings. The highest BCUT2D eigenvalue weighted by Gasteiger charge is 2.07. The van der Waals surface area contributed by atoms with Crippen LogP contribution in [0.3, 0.4) is 0 Å². The summed E-state index contributed by atoms with van der Waals surface area (Å²) in [7, 11) is 0. The summed E-state index contributed by atoms with van der Waals surface area (Å²) in [6, 6.07) is 5.88. The molecule has 0 saturated carbocycles. The Hall–Kier alpha value is -1.73. The number of aryl methyl sites for hydroxylation is 2. The summed E-state index contributed by atoms with van der Waals surface area (Å²) in [6.45, 7) is 5.85. The van der Waals surface area contributed by atoms with Crippen molar-refractivity contribution in [3.05, 3.63) is 39.8 Å². The largest absolute Gasteiger partial charge is 0.272 e. The summed E-state index contributed by atoms with van der Waals surface area (Å²) in [5, 5.41) is 6.82. The second kappa shape index (κ2) is 8.05. The minimum absolute atomic E-state index is 0.157. The number of hydrogen-bond donors (Lipinski definition) is 1. The Morgan fingerprint density at radius 1 is 1.36 bits per heavy atom. The summed E-state index contributed by atoms with van der Waals surface area (Å²) in [4.78, 5) is 21.6. The minimum atomic E-state index is -0.157. The third-order valence-corrected chi connectivity index (χ3v) is 4.52. The molecule has 2 heterocycles. The van der Waals surface area contributed by atoms with Crippen molar-refractivity contribution in [1.82, 2.24) is 15.4 Å². The van der Waals surface area contributed by atoms with Gasteiger partial charge < -0.3 is 0 Å². The van der Waals surface area contributed by atoms with Crippen molar-refractivity contribution in [2.24, 2.45) is 5.10 Å². The quantitative estimate of drug-likeness (QED) is 0.381. The van der Waals surface area contributed by atoms with Gasteiger partial charge in [-0.2, -0.15) is 5.10 Å². The van der Waals surface area contributed by atoms with Crippen molar-refractivity contribution < 1.29 is 4.79 Å². The lowest BCUT2D eigenvalue weighted by molar-refractivity contribution is -0.118. The molecule has 2 rings (SSSR count). The number of thiophene rings is 1. The Morgan fingerprint density at radius 3 is 2.68 bits per heavy atom. The van der Waals surface area contributed by atoms with E-state index in [1.807, 2.05) is 44.4 Å². The molecule has 2 aromatic rings. The van der Waals surface area contributed by atoms with E-state index in [2.05, 4.69) is 20.5 Å². The van der Waals surface area contributed by atoms with Crippen molar-refractivity contribution in [3.63, 3.8) is 0 Å². The monoisotopic (exact) mass is 334 g/mol. The van der Waals surface area contributed by atoms with Crippen LogP contribution in [0.4, 0.5) is 0 Å². The first kappa shape index (κ1) is 16.6. The van der Waals surface area contributed by atoms with E-state index in [-0.39, 0.29) is 11.7 Å². The zero-order valence-corrected chi connectivity index (χ0v) is 14.4. The third kappa shape index (κ3) is 4.92. The number of amides is 1. The first-order valence-corrected chi connectivity index (χ1v) is 8.79. The molecule has 22 heavy (non-hydrogen) atoms. The minimum Gasteiger partial charge on any atom is -0.272 e. The average Bonchev–Trinajstić information content (AvgIpc) is 2.99. The molecule has 5 nitrogen and oxygen atoms in total. The van der Waals surface area contributed by atoms with Gasteiger partial charge in [0.1, 0.15) is 0 Å². The summed E-state index contributed by atoms with van der Waals surface area (Å²) in [5.41, 5.74) is 5.29. The molecule has 116 valence electrons. The molecule has 0 fully saturated rings. The Balaban J connectivity index is 1.90. The van der Waals surface area contributed by atoms with Gasteiger partial charge in [-0.3, -0.25) is 4.79 Å². The van der Waals surface area contributed by atoms with E-state index in [0.717, 1.165) is 28.4 Å². The van der Waals surface area contributed by atoms with E-state index in [1.54, 1.807) is 11.3 Å². The van der Waals surface area contributed by atoms with Crippen LogP contribution in [0.15, 0.2) is 33.8 Å². The van der Waals surface area contributed by atoms with Crippen LogP contribution >= 0.6 is 23.1 Å². The lowest BCUT2D eigenvalue weighted by Crippen LogP contribution is -2.21. The number of hydrogen-bond acceptors (Lipinski definition) is 6. The average molecular weight is 334 g/mol. The fourth-order valence-corrected chi connectivity index (χ4v) is 3.33. The molecular formula is C15H18N4OS2. The van der Waals surface area contributed by atoms with E-state index < -0.39 is 0 Å². The highest BCUT2D eigenvalue weighted by Crippen LogP contribution is 2.14. The molecule has 1 N–H and O–H groups in total. The molecule has 0 aliphatic heterocycles. The normalized spacial score (nSPS) is 11.5. The fourth-order valence-electron chi connectivity index (χ4n) is 1.80. The van der Waals surface area contributed by atoms with E-state index in [0.29, 0.717) is 5.16 Å². The van der Waals surface area contributed by atoms with Gasteiger partial charge in [0.05, 0.1) is 16.3 Å². The first-order chi connectivity index (χ1) is 10.6. The molecular weight excluding hydrogens is 316 g/mol. The smallest absolute Gasteiger partial charge is 0.250 e. The van der Waals surface area contributed by atoms with Gasteiger partial charge in [-0.1, -0.05) is 24.8 Å². The molecule has 2 aromatic heterocycles. The van der Waals surface area contributed by atoms with Gasteiger partial charge in [0.2, 0.25) is 0 Å². The summed E-state index contributed by atoms with van der Waals surface area (Å²) in [6.07, 6.45) is 0.772. The second-order valence-corrected chi connectivity index (χ2v) is 6.54. The Labute approximate surface area is 138 Å². The number of carbonyl (C=O) groups excluding carboxylic acids is 1. The van der Waals surface area contributed by atoms with Gasteiger partial charge >= 0.3 is 0 Å². The Bertz CT molecular complexity index is 648. The maximum Gasteiger partial charge on any atom is 0.250 e. The predicted octanol–water partition coefficient (Wildman–Crippen LogP) is 3.18. The molecule has 0 bridgehead atoms. The van der Waals surface area contributed by atoms with E-state index in [1.165, 1.54) is 11.8 Å². The molecule has 0 atom stereocenters. The van der Waals surface area contributed by atoms with Gasteiger partial charge in [0, 0.05) is 11.4 Å². The van der Waals surface area contributed by atoms with Crippen molar-refractivity contribution in [3.8, 4) is 0 Å². The fraction of sp³-hybridized carbons (Fsp3) is 0.333. The van der Waals surface area contributed by atoms with Gasteiger partial charge in [-0.05, 0) is 37.8 Å². The third-order valence-electron chi connectivity index (χ3n) is 2.75. The number of hydrazone groups is 1. The second-order valence-electron chi connectivity index (χ2n) is 4.65. The highest BCUT2D eigenvalue weighted by atomic mass is 32.2.